The molecule has 2 N–H and O–H groups in total. The fraction of sp³-hybridized carbons (Fsp3) is 0.800. The van der Waals surface area contributed by atoms with Crippen LogP contribution >= 0.6 is 0 Å². The number of hydrogen-bond donors (Lipinski definition) is 2. The molecule has 0 heterocycles. The maximum atomic E-state index is 11.5. The zero-order chi connectivity index (χ0) is 12.4. The number of hydrogen-bond acceptors (Lipinski definition) is 5. The minimum Gasteiger partial charge on any atom is -0.464 e. The third-order valence-electron chi connectivity index (χ3n) is 1.92. The van der Waals surface area contributed by atoms with Crippen molar-refractivity contribution in [2.24, 2.45) is 0 Å². The number of aliphatic hydroxyl groups is 1. The predicted molar refractivity (Wildman–Crippen MR) is 56.9 cm³/mol. The van der Waals surface area contributed by atoms with Crippen LogP contribution in [0.15, 0.2) is 0 Å². The number of unbranched alkanes of at least 4 members (excludes halogenated alkanes) is 1. The first-order valence-electron chi connectivity index (χ1n) is 5.27. The Bertz CT molecular complexity index is 219. The third-order valence-corrected chi connectivity index (χ3v) is 1.92. The summed E-state index contributed by atoms with van der Waals surface area (Å²) in [4.78, 5) is 22.4. The Morgan fingerprint density at radius 1 is 1.44 bits per heavy atom. The van der Waals surface area contributed by atoms with Gasteiger partial charge in [0.25, 0.3) is 0 Å². The lowest BCUT2D eigenvalue weighted by molar-refractivity contribution is -0.146. The molecule has 6 nitrogen and oxygen atoms in total. The van der Waals surface area contributed by atoms with E-state index in [1.165, 1.54) is 7.11 Å². The van der Waals surface area contributed by atoms with E-state index in [0.717, 1.165) is 12.8 Å². The summed E-state index contributed by atoms with van der Waals surface area (Å²) in [6.45, 7) is 2.09. The number of methoxy groups -OCH3 is 1. The fourth-order valence-corrected chi connectivity index (χ4v) is 0.997. The van der Waals surface area contributed by atoms with Gasteiger partial charge in [0.05, 0.1) is 13.7 Å². The van der Waals surface area contributed by atoms with Gasteiger partial charge in [0.15, 0.2) is 0 Å². The van der Waals surface area contributed by atoms with Crippen LogP contribution in [0.3, 0.4) is 0 Å². The number of esters is 1. The maximum absolute atomic E-state index is 11.5. The number of rotatable bonds is 7. The van der Waals surface area contributed by atoms with Gasteiger partial charge in [-0.3, -0.25) is 0 Å². The van der Waals surface area contributed by atoms with E-state index in [-0.39, 0.29) is 13.0 Å². The Balaban J connectivity index is 4.07. The lowest BCUT2D eigenvalue weighted by Crippen LogP contribution is -2.42. The zero-order valence-corrected chi connectivity index (χ0v) is 9.69. The van der Waals surface area contributed by atoms with Crippen molar-refractivity contribution < 1.29 is 24.2 Å². The van der Waals surface area contributed by atoms with Gasteiger partial charge < -0.3 is 19.9 Å². The number of carbonyl (C=O) groups excluding carboxylic acids is 2. The highest BCUT2D eigenvalue weighted by Gasteiger charge is 2.21. The molecule has 0 saturated heterocycles. The van der Waals surface area contributed by atoms with Gasteiger partial charge in [0.2, 0.25) is 0 Å². The summed E-state index contributed by atoms with van der Waals surface area (Å²) in [7, 11) is 1.20. The van der Waals surface area contributed by atoms with Gasteiger partial charge in [-0.05, 0) is 6.42 Å². The molecular formula is C10H19NO5. The van der Waals surface area contributed by atoms with E-state index in [1.54, 1.807) is 0 Å². The molecule has 1 amide bonds. The molecule has 6 heteroatoms. The highest BCUT2D eigenvalue weighted by molar-refractivity contribution is 5.81. The number of nitrogens with one attached hydrogen (secondary N) is 1. The molecule has 0 aliphatic rings. The first kappa shape index (κ1) is 14.7. The summed E-state index contributed by atoms with van der Waals surface area (Å²) in [6.07, 6.45) is 1.09. The molecule has 0 bridgehead atoms. The molecule has 0 aliphatic heterocycles. The van der Waals surface area contributed by atoms with Crippen molar-refractivity contribution in [3.05, 3.63) is 0 Å². The van der Waals surface area contributed by atoms with Crippen LogP contribution < -0.4 is 5.32 Å². The van der Waals surface area contributed by atoms with Gasteiger partial charge in [-0.15, -0.1) is 0 Å². The molecule has 0 unspecified atom stereocenters. The first-order chi connectivity index (χ1) is 7.65. The summed E-state index contributed by atoms with van der Waals surface area (Å²) < 4.78 is 9.29. The molecule has 0 fully saturated rings. The number of ether oxygens (including phenoxy) is 2. The number of carbonyl (C=O) groups is 2. The standard InChI is InChI=1S/C10H19NO5/c1-3-4-7-16-9(13)8(5-6-12)11-10(14)15-2/h8,12H,3-7H2,1-2H3,(H,11,14)/t8-/m1/s1. The molecule has 0 radical (unpaired) electrons. The Hall–Kier alpha value is -1.30. The number of amides is 1. The zero-order valence-electron chi connectivity index (χ0n) is 9.69. The van der Waals surface area contributed by atoms with Crippen molar-refractivity contribution in [2.45, 2.75) is 32.2 Å². The van der Waals surface area contributed by atoms with Gasteiger partial charge >= 0.3 is 12.1 Å². The average molecular weight is 233 g/mol. The smallest absolute Gasteiger partial charge is 0.407 e. The van der Waals surface area contributed by atoms with E-state index in [0.29, 0.717) is 6.61 Å². The minimum absolute atomic E-state index is 0.111. The molecule has 94 valence electrons. The lowest BCUT2D eigenvalue weighted by Gasteiger charge is -2.15. The molecule has 0 aliphatic carbocycles. The van der Waals surface area contributed by atoms with Gasteiger partial charge in [0, 0.05) is 13.0 Å². The lowest BCUT2D eigenvalue weighted by atomic mass is 10.2. The Morgan fingerprint density at radius 2 is 2.12 bits per heavy atom. The van der Waals surface area contributed by atoms with E-state index in [1.807, 2.05) is 6.92 Å². The molecule has 0 aromatic rings. The minimum atomic E-state index is -0.852. The average Bonchev–Trinajstić information content (AvgIpc) is 2.28. The van der Waals surface area contributed by atoms with Gasteiger partial charge in [-0.25, -0.2) is 9.59 Å². The van der Waals surface area contributed by atoms with Gasteiger partial charge in [0.1, 0.15) is 6.04 Å². The highest BCUT2D eigenvalue weighted by atomic mass is 16.5. The fourth-order valence-electron chi connectivity index (χ4n) is 0.997. The first-order valence-corrected chi connectivity index (χ1v) is 5.27. The number of aliphatic hydroxyl groups excluding tert-OH is 1. The molecule has 0 aromatic carbocycles. The summed E-state index contributed by atoms with van der Waals surface area (Å²) in [5, 5.41) is 11.0. The van der Waals surface area contributed by atoms with Gasteiger partial charge in [-0.1, -0.05) is 13.3 Å². The normalized spacial score (nSPS) is 11.7. The predicted octanol–water partition coefficient (Wildman–Crippen LogP) is 0.437. The van der Waals surface area contributed by atoms with Crippen LogP contribution in [0.2, 0.25) is 0 Å². The van der Waals surface area contributed by atoms with E-state index < -0.39 is 18.1 Å². The molecule has 1 atom stereocenters. The van der Waals surface area contributed by atoms with Gasteiger partial charge in [-0.2, -0.15) is 0 Å². The van der Waals surface area contributed by atoms with Crippen LogP contribution in [-0.2, 0) is 14.3 Å². The van der Waals surface area contributed by atoms with Crippen molar-refractivity contribution in [1.82, 2.24) is 5.32 Å². The van der Waals surface area contributed by atoms with E-state index >= 15 is 0 Å². The third kappa shape index (κ3) is 6.23. The van der Waals surface area contributed by atoms with E-state index in [9.17, 15) is 9.59 Å². The van der Waals surface area contributed by atoms with E-state index in [4.69, 9.17) is 9.84 Å². The van der Waals surface area contributed by atoms with Crippen LogP contribution in [0.25, 0.3) is 0 Å². The van der Waals surface area contributed by atoms with Crippen molar-refractivity contribution >= 4 is 12.1 Å². The van der Waals surface area contributed by atoms with Crippen LogP contribution in [0.5, 0.6) is 0 Å². The summed E-state index contributed by atoms with van der Waals surface area (Å²) in [5.41, 5.74) is 0. The van der Waals surface area contributed by atoms with Crippen LogP contribution in [0.4, 0.5) is 4.79 Å². The maximum Gasteiger partial charge on any atom is 0.407 e. The molecular weight excluding hydrogens is 214 g/mol. The summed E-state index contributed by atoms with van der Waals surface area (Å²) >= 11 is 0. The molecule has 0 rings (SSSR count). The van der Waals surface area contributed by atoms with Crippen molar-refractivity contribution in [1.29, 1.82) is 0 Å². The number of alkyl carbamates (subject to hydrolysis) is 1. The molecule has 16 heavy (non-hydrogen) atoms. The van der Waals surface area contributed by atoms with Crippen LogP contribution in [0.1, 0.15) is 26.2 Å². The SMILES string of the molecule is CCCCOC(=O)[C@@H](CCO)NC(=O)OC. The second-order valence-corrected chi connectivity index (χ2v) is 3.22. The molecule has 0 aromatic heterocycles. The largest absolute Gasteiger partial charge is 0.464 e. The molecule has 0 saturated carbocycles. The van der Waals surface area contributed by atoms with Crippen LogP contribution in [-0.4, -0.2) is 43.5 Å². The highest BCUT2D eigenvalue weighted by Crippen LogP contribution is 1.98. The summed E-state index contributed by atoms with van der Waals surface area (Å²) in [6, 6.07) is -0.852. The topological polar surface area (TPSA) is 84.9 Å². The van der Waals surface area contributed by atoms with Crippen LogP contribution in [0, 0.1) is 0 Å². The Kier molecular flexibility index (Phi) is 8.24. The Labute approximate surface area is 94.9 Å². The second-order valence-electron chi connectivity index (χ2n) is 3.22. The monoisotopic (exact) mass is 233 g/mol. The second kappa shape index (κ2) is 8.96. The van der Waals surface area contributed by atoms with Crippen molar-refractivity contribution in [3.63, 3.8) is 0 Å². The Morgan fingerprint density at radius 3 is 2.62 bits per heavy atom. The van der Waals surface area contributed by atoms with Crippen molar-refractivity contribution in [2.75, 3.05) is 20.3 Å². The van der Waals surface area contributed by atoms with E-state index in [2.05, 4.69) is 10.1 Å². The van der Waals surface area contributed by atoms with Crippen molar-refractivity contribution in [3.8, 4) is 0 Å². The summed E-state index contributed by atoms with van der Waals surface area (Å²) in [5.74, 6) is -0.548. The molecule has 0 spiro atoms. The quantitative estimate of drug-likeness (QED) is 0.492.